The molecule has 1 aromatic rings. The molecule has 3 N–H and O–H groups in total. The van der Waals surface area contributed by atoms with Crippen molar-refractivity contribution in [1.82, 2.24) is 20.8 Å². The van der Waals surface area contributed by atoms with Crippen LogP contribution in [0.2, 0.25) is 0 Å². The van der Waals surface area contributed by atoms with Gasteiger partial charge in [-0.05, 0) is 6.42 Å². The van der Waals surface area contributed by atoms with Gasteiger partial charge in [0.2, 0.25) is 5.89 Å². The first-order valence-electron chi connectivity index (χ1n) is 5.09. The predicted octanol–water partition coefficient (Wildman–Crippen LogP) is 0.0404. The number of carbonyl (C=O) groups is 2. The van der Waals surface area contributed by atoms with Gasteiger partial charge in [-0.15, -0.1) is 0 Å². The molecule has 1 aromatic heterocycles. The van der Waals surface area contributed by atoms with Crippen LogP contribution in [0.15, 0.2) is 4.52 Å². The summed E-state index contributed by atoms with van der Waals surface area (Å²) in [5.74, 6) is -0.335. The number of nitrogens with one attached hydrogen (secondary N) is 2. The molecule has 8 nitrogen and oxygen atoms in total. The molecule has 8 heteroatoms. The second-order valence-electron chi connectivity index (χ2n) is 3.36. The van der Waals surface area contributed by atoms with E-state index < -0.39 is 18.0 Å². The van der Waals surface area contributed by atoms with E-state index in [4.69, 9.17) is 9.63 Å². The lowest BCUT2D eigenvalue weighted by Gasteiger charge is -2.12. The number of nitrogens with zero attached hydrogens (tertiary/aromatic N) is 2. The molecule has 0 spiro atoms. The van der Waals surface area contributed by atoms with Gasteiger partial charge in [0.25, 0.3) is 0 Å². The Balaban J connectivity index is 2.37. The highest BCUT2D eigenvalue weighted by Crippen LogP contribution is 1.94. The second-order valence-corrected chi connectivity index (χ2v) is 3.36. The van der Waals surface area contributed by atoms with Crippen LogP contribution in [-0.4, -0.2) is 33.3 Å². The fourth-order valence-electron chi connectivity index (χ4n) is 1.12. The fraction of sp³-hybridized carbons (Fsp3) is 0.556. The summed E-state index contributed by atoms with van der Waals surface area (Å²) in [6, 6.07) is -1.48. The SMILES string of the molecule is CCC(NC(=O)NCc1noc(C)n1)C(=O)O. The van der Waals surface area contributed by atoms with Crippen molar-refractivity contribution in [2.75, 3.05) is 0 Å². The summed E-state index contributed by atoms with van der Waals surface area (Å²) >= 11 is 0. The highest BCUT2D eigenvalue weighted by molar-refractivity contribution is 5.82. The second kappa shape index (κ2) is 5.83. The zero-order valence-corrected chi connectivity index (χ0v) is 9.56. The fourth-order valence-corrected chi connectivity index (χ4v) is 1.12. The van der Waals surface area contributed by atoms with Crippen molar-refractivity contribution in [2.24, 2.45) is 0 Å². The molecule has 1 rings (SSSR count). The quantitative estimate of drug-likeness (QED) is 0.671. The van der Waals surface area contributed by atoms with E-state index >= 15 is 0 Å². The van der Waals surface area contributed by atoms with Crippen molar-refractivity contribution in [1.29, 1.82) is 0 Å². The molecule has 1 unspecified atom stereocenters. The van der Waals surface area contributed by atoms with Gasteiger partial charge in [0.1, 0.15) is 6.04 Å². The van der Waals surface area contributed by atoms with Gasteiger partial charge in [-0.25, -0.2) is 9.59 Å². The van der Waals surface area contributed by atoms with Gasteiger partial charge in [-0.3, -0.25) is 0 Å². The Labute approximate surface area is 97.4 Å². The van der Waals surface area contributed by atoms with E-state index in [0.29, 0.717) is 18.1 Å². The smallest absolute Gasteiger partial charge is 0.326 e. The molecule has 0 saturated heterocycles. The first kappa shape index (κ1) is 12.9. The van der Waals surface area contributed by atoms with Crippen LogP contribution in [0.5, 0.6) is 0 Å². The molecule has 2 amide bonds. The molecular weight excluding hydrogens is 228 g/mol. The third-order valence-electron chi connectivity index (χ3n) is 1.99. The molecule has 0 saturated carbocycles. The molecule has 0 aliphatic rings. The van der Waals surface area contributed by atoms with E-state index in [1.165, 1.54) is 0 Å². The summed E-state index contributed by atoms with van der Waals surface area (Å²) in [7, 11) is 0. The Bertz CT molecular complexity index is 403. The molecule has 0 bridgehead atoms. The van der Waals surface area contributed by atoms with Gasteiger partial charge < -0.3 is 20.3 Å². The molecule has 17 heavy (non-hydrogen) atoms. The van der Waals surface area contributed by atoms with Gasteiger partial charge in [-0.2, -0.15) is 4.98 Å². The third-order valence-corrected chi connectivity index (χ3v) is 1.99. The van der Waals surface area contributed by atoms with Gasteiger partial charge in [-0.1, -0.05) is 12.1 Å². The Morgan fingerprint density at radius 1 is 1.53 bits per heavy atom. The lowest BCUT2D eigenvalue weighted by Crippen LogP contribution is -2.45. The molecule has 1 heterocycles. The van der Waals surface area contributed by atoms with Crippen molar-refractivity contribution in [3.8, 4) is 0 Å². The number of aliphatic carboxylic acids is 1. The maximum Gasteiger partial charge on any atom is 0.326 e. The maximum absolute atomic E-state index is 11.3. The van der Waals surface area contributed by atoms with Crippen LogP contribution in [0.4, 0.5) is 4.79 Å². The average molecular weight is 242 g/mol. The number of hydrogen-bond donors (Lipinski definition) is 3. The van der Waals surface area contributed by atoms with Crippen molar-refractivity contribution >= 4 is 12.0 Å². The van der Waals surface area contributed by atoms with E-state index in [9.17, 15) is 9.59 Å². The Morgan fingerprint density at radius 2 is 2.24 bits per heavy atom. The Hall–Kier alpha value is -2.12. The highest BCUT2D eigenvalue weighted by atomic mass is 16.5. The van der Waals surface area contributed by atoms with Crippen LogP contribution in [0.1, 0.15) is 25.1 Å². The summed E-state index contributed by atoms with van der Waals surface area (Å²) in [5, 5.41) is 17.0. The summed E-state index contributed by atoms with van der Waals surface area (Å²) in [6.07, 6.45) is 0.310. The number of aryl methyl sites for hydroxylation is 1. The van der Waals surface area contributed by atoms with E-state index in [-0.39, 0.29) is 6.54 Å². The van der Waals surface area contributed by atoms with Crippen molar-refractivity contribution < 1.29 is 19.2 Å². The molecular formula is C9H14N4O4. The number of urea groups is 1. The summed E-state index contributed by atoms with van der Waals surface area (Å²) < 4.78 is 4.71. The first-order chi connectivity index (χ1) is 8.02. The number of carboxylic acid groups (broad SMARTS) is 1. The number of rotatable bonds is 5. The number of amides is 2. The topological polar surface area (TPSA) is 117 Å². The van der Waals surface area contributed by atoms with Crippen LogP contribution in [0.3, 0.4) is 0 Å². The van der Waals surface area contributed by atoms with Crippen molar-refractivity contribution in [3.63, 3.8) is 0 Å². The third kappa shape index (κ3) is 4.09. The largest absolute Gasteiger partial charge is 0.480 e. The lowest BCUT2D eigenvalue weighted by molar-refractivity contribution is -0.139. The van der Waals surface area contributed by atoms with Crippen LogP contribution in [0, 0.1) is 6.92 Å². The zero-order chi connectivity index (χ0) is 12.8. The zero-order valence-electron chi connectivity index (χ0n) is 9.56. The Kier molecular flexibility index (Phi) is 4.44. The number of carboxylic acids is 1. The summed E-state index contributed by atoms with van der Waals surface area (Å²) in [6.45, 7) is 3.38. The van der Waals surface area contributed by atoms with Crippen LogP contribution in [0.25, 0.3) is 0 Å². The van der Waals surface area contributed by atoms with Crippen LogP contribution < -0.4 is 10.6 Å². The van der Waals surface area contributed by atoms with E-state index in [0.717, 1.165) is 0 Å². The summed E-state index contributed by atoms with van der Waals surface area (Å²) in [4.78, 5) is 25.9. The normalized spacial score (nSPS) is 11.9. The molecule has 0 aromatic carbocycles. The summed E-state index contributed by atoms with van der Waals surface area (Å²) in [5.41, 5.74) is 0. The minimum Gasteiger partial charge on any atom is -0.480 e. The number of hydrogen-bond acceptors (Lipinski definition) is 5. The van der Waals surface area contributed by atoms with E-state index in [1.54, 1.807) is 13.8 Å². The molecule has 94 valence electrons. The maximum atomic E-state index is 11.3. The molecule has 0 fully saturated rings. The predicted molar refractivity (Wildman–Crippen MR) is 56.1 cm³/mol. The monoisotopic (exact) mass is 242 g/mol. The molecule has 0 aliphatic heterocycles. The Morgan fingerprint density at radius 3 is 2.71 bits per heavy atom. The van der Waals surface area contributed by atoms with Crippen LogP contribution >= 0.6 is 0 Å². The van der Waals surface area contributed by atoms with E-state index in [2.05, 4.69) is 20.8 Å². The van der Waals surface area contributed by atoms with E-state index in [1.807, 2.05) is 0 Å². The molecule has 1 atom stereocenters. The standard InChI is InChI=1S/C9H14N4O4/c1-3-6(8(14)15)12-9(16)10-4-7-11-5(2)17-13-7/h6H,3-4H2,1-2H3,(H,14,15)(H2,10,12,16). The number of carbonyl (C=O) groups excluding carboxylic acids is 1. The number of aromatic nitrogens is 2. The molecule has 0 aliphatic carbocycles. The van der Waals surface area contributed by atoms with Gasteiger partial charge in [0.05, 0.1) is 6.54 Å². The van der Waals surface area contributed by atoms with Gasteiger partial charge in [0, 0.05) is 6.92 Å². The van der Waals surface area contributed by atoms with Crippen molar-refractivity contribution in [3.05, 3.63) is 11.7 Å². The average Bonchev–Trinajstić information content (AvgIpc) is 2.68. The van der Waals surface area contributed by atoms with Crippen LogP contribution in [-0.2, 0) is 11.3 Å². The highest BCUT2D eigenvalue weighted by Gasteiger charge is 2.17. The first-order valence-corrected chi connectivity index (χ1v) is 5.09. The van der Waals surface area contributed by atoms with Gasteiger partial charge in [0.15, 0.2) is 5.82 Å². The lowest BCUT2D eigenvalue weighted by atomic mass is 10.2. The minimum atomic E-state index is -1.07. The minimum absolute atomic E-state index is 0.0826. The van der Waals surface area contributed by atoms with Gasteiger partial charge >= 0.3 is 12.0 Å². The van der Waals surface area contributed by atoms with Crippen molar-refractivity contribution in [2.45, 2.75) is 32.9 Å². The molecule has 0 radical (unpaired) electrons.